The topological polar surface area (TPSA) is 69.2 Å². The first-order valence-corrected chi connectivity index (χ1v) is 11.3. The molecule has 6 nitrogen and oxygen atoms in total. The number of benzene rings is 1. The number of fused-ring (bicyclic) bond motifs is 1. The number of nitrogens with zero attached hydrogens (tertiary/aromatic N) is 4. The summed E-state index contributed by atoms with van der Waals surface area (Å²) in [4.78, 5) is 11.7. The monoisotopic (exact) mass is 421 g/mol. The molecule has 1 fully saturated rings. The van der Waals surface area contributed by atoms with Crippen LogP contribution < -0.4 is 10.6 Å². The molecule has 3 aromatic rings. The summed E-state index contributed by atoms with van der Waals surface area (Å²) in [5.74, 6) is 2.61. The number of pyridine rings is 1. The number of ether oxygens (including phenoxy) is 1. The van der Waals surface area contributed by atoms with Crippen molar-refractivity contribution in [1.29, 1.82) is 0 Å². The van der Waals surface area contributed by atoms with Crippen LogP contribution in [0.1, 0.15) is 44.1 Å². The molecule has 31 heavy (non-hydrogen) atoms. The molecule has 0 aliphatic carbocycles. The molecule has 0 radical (unpaired) electrons. The Kier molecular flexibility index (Phi) is 6.04. The van der Waals surface area contributed by atoms with Crippen molar-refractivity contribution in [2.45, 2.75) is 45.4 Å². The summed E-state index contributed by atoms with van der Waals surface area (Å²) in [6.07, 6.45) is 4.78. The second-order valence-electron chi connectivity index (χ2n) is 9.28. The smallest absolute Gasteiger partial charge is 0.134 e. The number of nitrogens with two attached hydrogens (primary N) is 1. The lowest BCUT2D eigenvalue weighted by atomic mass is 9.75. The van der Waals surface area contributed by atoms with Crippen LogP contribution in [0.15, 0.2) is 30.5 Å². The zero-order valence-electron chi connectivity index (χ0n) is 19.5. The van der Waals surface area contributed by atoms with E-state index in [1.165, 1.54) is 16.8 Å². The van der Waals surface area contributed by atoms with E-state index in [4.69, 9.17) is 20.4 Å². The maximum atomic E-state index is 5.89. The number of hydrogen-bond acceptors (Lipinski definition) is 5. The van der Waals surface area contributed by atoms with Gasteiger partial charge in [0.2, 0.25) is 0 Å². The quantitative estimate of drug-likeness (QED) is 0.593. The summed E-state index contributed by atoms with van der Waals surface area (Å²) in [5.41, 5.74) is 11.9. The van der Waals surface area contributed by atoms with Crippen LogP contribution in [0.2, 0.25) is 0 Å². The first kappa shape index (κ1) is 21.8. The van der Waals surface area contributed by atoms with Gasteiger partial charge in [-0.2, -0.15) is 0 Å². The largest absolute Gasteiger partial charge is 0.379 e. The van der Waals surface area contributed by atoms with Crippen LogP contribution in [0, 0.1) is 5.92 Å². The minimum atomic E-state index is 0.0778. The SMILES string of the molecule is CCc1cc(C2(CCN)COC2)ccc1N(C)c1cc2c(cn1)nc(CC(C)C)n2C. The van der Waals surface area contributed by atoms with Crippen molar-refractivity contribution in [3.8, 4) is 0 Å². The highest BCUT2D eigenvalue weighted by atomic mass is 16.5. The summed E-state index contributed by atoms with van der Waals surface area (Å²) < 4.78 is 7.76. The van der Waals surface area contributed by atoms with Crippen molar-refractivity contribution >= 4 is 22.5 Å². The Bertz CT molecular complexity index is 1070. The Morgan fingerprint density at radius 3 is 2.65 bits per heavy atom. The molecule has 0 bridgehead atoms. The summed E-state index contributed by atoms with van der Waals surface area (Å²) in [6, 6.07) is 8.96. The Labute approximate surface area is 185 Å². The van der Waals surface area contributed by atoms with E-state index in [-0.39, 0.29) is 5.41 Å². The lowest BCUT2D eigenvalue weighted by Gasteiger charge is -2.42. The maximum absolute atomic E-state index is 5.89. The number of aryl methyl sites for hydroxylation is 2. The zero-order valence-corrected chi connectivity index (χ0v) is 19.5. The predicted molar refractivity (Wildman–Crippen MR) is 127 cm³/mol. The van der Waals surface area contributed by atoms with E-state index in [1.807, 2.05) is 6.20 Å². The fourth-order valence-corrected chi connectivity index (χ4v) is 4.60. The molecule has 1 aromatic carbocycles. The summed E-state index contributed by atoms with van der Waals surface area (Å²) in [5, 5.41) is 0. The van der Waals surface area contributed by atoms with Gasteiger partial charge < -0.3 is 19.9 Å². The van der Waals surface area contributed by atoms with Gasteiger partial charge in [0.25, 0.3) is 0 Å². The van der Waals surface area contributed by atoms with Gasteiger partial charge in [-0.05, 0) is 42.5 Å². The fraction of sp³-hybridized carbons (Fsp3) is 0.520. The first-order chi connectivity index (χ1) is 14.9. The zero-order chi connectivity index (χ0) is 22.2. The molecule has 3 heterocycles. The molecule has 4 rings (SSSR count). The molecule has 1 aliphatic rings. The fourth-order valence-electron chi connectivity index (χ4n) is 4.60. The number of anilines is 2. The van der Waals surface area contributed by atoms with Crippen LogP contribution in [0.4, 0.5) is 11.5 Å². The highest BCUT2D eigenvalue weighted by Gasteiger charge is 2.39. The first-order valence-electron chi connectivity index (χ1n) is 11.3. The van der Waals surface area contributed by atoms with Crippen LogP contribution in [0.3, 0.4) is 0 Å². The van der Waals surface area contributed by atoms with Crippen molar-refractivity contribution in [3.05, 3.63) is 47.4 Å². The van der Waals surface area contributed by atoms with Crippen molar-refractivity contribution in [3.63, 3.8) is 0 Å². The number of hydrogen-bond donors (Lipinski definition) is 1. The Balaban J connectivity index is 1.68. The molecule has 2 N–H and O–H groups in total. The number of aromatic nitrogens is 3. The third-order valence-electron chi connectivity index (χ3n) is 6.59. The van der Waals surface area contributed by atoms with Gasteiger partial charge in [-0.1, -0.05) is 32.9 Å². The van der Waals surface area contributed by atoms with Gasteiger partial charge in [0.05, 0.1) is 24.9 Å². The van der Waals surface area contributed by atoms with Gasteiger partial charge >= 0.3 is 0 Å². The minimum absolute atomic E-state index is 0.0778. The van der Waals surface area contributed by atoms with E-state index < -0.39 is 0 Å². The Morgan fingerprint density at radius 1 is 1.26 bits per heavy atom. The van der Waals surface area contributed by atoms with Gasteiger partial charge in [-0.15, -0.1) is 0 Å². The molecule has 1 aliphatic heterocycles. The lowest BCUT2D eigenvalue weighted by molar-refractivity contribution is -0.0631. The minimum Gasteiger partial charge on any atom is -0.379 e. The van der Waals surface area contributed by atoms with Gasteiger partial charge in [0.1, 0.15) is 17.2 Å². The van der Waals surface area contributed by atoms with Crippen LogP contribution in [-0.4, -0.2) is 41.3 Å². The van der Waals surface area contributed by atoms with Crippen molar-refractivity contribution in [1.82, 2.24) is 14.5 Å². The van der Waals surface area contributed by atoms with Gasteiger partial charge in [-0.25, -0.2) is 9.97 Å². The van der Waals surface area contributed by atoms with Crippen molar-refractivity contribution < 1.29 is 4.74 Å². The highest BCUT2D eigenvalue weighted by Crippen LogP contribution is 2.38. The Hall–Kier alpha value is -2.44. The molecule has 1 saturated heterocycles. The molecule has 0 amide bonds. The summed E-state index contributed by atoms with van der Waals surface area (Å²) in [6.45, 7) is 8.86. The van der Waals surface area contributed by atoms with E-state index in [0.717, 1.165) is 55.2 Å². The van der Waals surface area contributed by atoms with Crippen LogP contribution in [0.5, 0.6) is 0 Å². The maximum Gasteiger partial charge on any atom is 0.134 e. The third-order valence-corrected chi connectivity index (χ3v) is 6.59. The van der Waals surface area contributed by atoms with E-state index in [2.05, 4.69) is 68.6 Å². The van der Waals surface area contributed by atoms with Gasteiger partial charge in [-0.3, -0.25) is 0 Å². The van der Waals surface area contributed by atoms with Crippen LogP contribution in [-0.2, 0) is 30.0 Å². The van der Waals surface area contributed by atoms with Crippen molar-refractivity contribution in [2.75, 3.05) is 31.7 Å². The third kappa shape index (κ3) is 3.94. The molecule has 166 valence electrons. The Morgan fingerprint density at radius 2 is 2.03 bits per heavy atom. The average molecular weight is 422 g/mol. The van der Waals surface area contributed by atoms with Crippen molar-refractivity contribution in [2.24, 2.45) is 18.7 Å². The van der Waals surface area contributed by atoms with E-state index in [1.54, 1.807) is 0 Å². The second-order valence-corrected chi connectivity index (χ2v) is 9.28. The number of imidazole rings is 1. The molecule has 2 aromatic heterocycles. The standard InChI is InChI=1S/C25H35N5O/c1-6-18-12-19(25(9-10-26)15-31-16-25)7-8-21(18)29(4)23-13-22-20(14-27-23)28-24(30(22)5)11-17(2)3/h7-8,12-14,17H,6,9-11,15-16,26H2,1-5H3. The van der Waals surface area contributed by atoms with E-state index in [9.17, 15) is 0 Å². The molecular weight excluding hydrogens is 386 g/mol. The highest BCUT2D eigenvalue weighted by molar-refractivity contribution is 5.80. The van der Waals surface area contributed by atoms with Crippen LogP contribution in [0.25, 0.3) is 11.0 Å². The van der Waals surface area contributed by atoms with E-state index >= 15 is 0 Å². The molecule has 0 unspecified atom stereocenters. The second kappa shape index (κ2) is 8.60. The van der Waals surface area contributed by atoms with Gasteiger partial charge in [0.15, 0.2) is 0 Å². The molecular formula is C25H35N5O. The molecule has 0 atom stereocenters. The molecule has 6 heteroatoms. The van der Waals surface area contributed by atoms with Crippen LogP contribution >= 0.6 is 0 Å². The average Bonchev–Trinajstić information content (AvgIpc) is 3.04. The molecule has 0 saturated carbocycles. The predicted octanol–water partition coefficient (Wildman–Crippen LogP) is 4.11. The van der Waals surface area contributed by atoms with Gasteiger partial charge in [0, 0.05) is 37.7 Å². The van der Waals surface area contributed by atoms with E-state index in [0.29, 0.717) is 12.5 Å². The lowest BCUT2D eigenvalue weighted by Crippen LogP contribution is -2.48. The molecule has 0 spiro atoms. The summed E-state index contributed by atoms with van der Waals surface area (Å²) in [7, 11) is 4.19. The number of rotatable bonds is 8. The normalized spacial score (nSPS) is 15.5. The summed E-state index contributed by atoms with van der Waals surface area (Å²) >= 11 is 0.